The van der Waals surface area contributed by atoms with E-state index in [0.29, 0.717) is 13.0 Å². The molecule has 0 aliphatic carbocycles. The van der Waals surface area contributed by atoms with E-state index in [1.807, 2.05) is 30.6 Å². The van der Waals surface area contributed by atoms with Crippen LogP contribution in [-0.4, -0.2) is 22.4 Å². The molecule has 1 N–H and O–H groups in total. The topological polar surface area (TPSA) is 54.9 Å². The molecular formula is C14H17N3OS. The molecule has 100 valence electrons. The maximum atomic E-state index is 11.3. The SMILES string of the molecule is CCCC(=O)NCCc1nc(-c2cccnc2)cs1. The van der Waals surface area contributed by atoms with Crippen LogP contribution < -0.4 is 5.32 Å². The number of amides is 1. The molecule has 0 aliphatic rings. The van der Waals surface area contributed by atoms with Crippen LogP contribution in [0.3, 0.4) is 0 Å². The van der Waals surface area contributed by atoms with Crippen molar-refractivity contribution in [2.24, 2.45) is 0 Å². The zero-order valence-electron chi connectivity index (χ0n) is 10.9. The summed E-state index contributed by atoms with van der Waals surface area (Å²) in [6.45, 7) is 2.65. The number of rotatable bonds is 6. The van der Waals surface area contributed by atoms with Gasteiger partial charge in [0.2, 0.25) is 5.91 Å². The molecule has 0 saturated heterocycles. The van der Waals surface area contributed by atoms with Crippen molar-refractivity contribution in [3.8, 4) is 11.3 Å². The van der Waals surface area contributed by atoms with Crippen LogP contribution in [0.4, 0.5) is 0 Å². The van der Waals surface area contributed by atoms with E-state index in [4.69, 9.17) is 0 Å². The fourth-order valence-electron chi connectivity index (χ4n) is 1.70. The van der Waals surface area contributed by atoms with Gasteiger partial charge >= 0.3 is 0 Å². The van der Waals surface area contributed by atoms with Gasteiger partial charge in [0, 0.05) is 42.7 Å². The zero-order chi connectivity index (χ0) is 13.5. The van der Waals surface area contributed by atoms with E-state index in [1.165, 1.54) is 0 Å². The van der Waals surface area contributed by atoms with E-state index in [9.17, 15) is 4.79 Å². The van der Waals surface area contributed by atoms with Gasteiger partial charge in [0.1, 0.15) is 0 Å². The Morgan fingerprint density at radius 3 is 3.11 bits per heavy atom. The molecule has 0 radical (unpaired) electrons. The first kappa shape index (κ1) is 13.7. The molecule has 0 spiro atoms. The fourth-order valence-corrected chi connectivity index (χ4v) is 2.50. The van der Waals surface area contributed by atoms with Gasteiger partial charge in [0.05, 0.1) is 10.7 Å². The number of hydrogen-bond donors (Lipinski definition) is 1. The van der Waals surface area contributed by atoms with E-state index < -0.39 is 0 Å². The summed E-state index contributed by atoms with van der Waals surface area (Å²) >= 11 is 1.62. The summed E-state index contributed by atoms with van der Waals surface area (Å²) in [5.41, 5.74) is 1.98. The predicted octanol–water partition coefficient (Wildman–Crippen LogP) is 2.66. The lowest BCUT2D eigenvalue weighted by molar-refractivity contribution is -0.121. The van der Waals surface area contributed by atoms with Gasteiger partial charge in [-0.2, -0.15) is 0 Å². The van der Waals surface area contributed by atoms with E-state index in [1.54, 1.807) is 17.5 Å². The molecule has 5 heteroatoms. The Labute approximate surface area is 116 Å². The Morgan fingerprint density at radius 2 is 2.37 bits per heavy atom. The van der Waals surface area contributed by atoms with Crippen LogP contribution in [0.5, 0.6) is 0 Å². The summed E-state index contributed by atoms with van der Waals surface area (Å²) in [6.07, 6.45) is 5.81. The van der Waals surface area contributed by atoms with Crippen molar-refractivity contribution < 1.29 is 4.79 Å². The van der Waals surface area contributed by atoms with Crippen molar-refractivity contribution in [1.29, 1.82) is 0 Å². The minimum atomic E-state index is 0.117. The number of nitrogens with one attached hydrogen (secondary N) is 1. The number of carbonyl (C=O) groups excluding carboxylic acids is 1. The number of nitrogens with zero attached hydrogens (tertiary/aromatic N) is 2. The smallest absolute Gasteiger partial charge is 0.219 e. The Morgan fingerprint density at radius 1 is 1.47 bits per heavy atom. The highest BCUT2D eigenvalue weighted by atomic mass is 32.1. The fraction of sp³-hybridized carbons (Fsp3) is 0.357. The molecule has 1 amide bonds. The van der Waals surface area contributed by atoms with Gasteiger partial charge in [-0.1, -0.05) is 6.92 Å². The molecule has 0 unspecified atom stereocenters. The standard InChI is InChI=1S/C14H17N3OS/c1-2-4-13(18)16-8-6-14-17-12(10-19-14)11-5-3-7-15-9-11/h3,5,7,9-10H,2,4,6,8H2,1H3,(H,16,18). The average Bonchev–Trinajstić information content (AvgIpc) is 2.89. The summed E-state index contributed by atoms with van der Waals surface area (Å²) in [5.74, 6) is 0.117. The molecule has 0 saturated carbocycles. The highest BCUT2D eigenvalue weighted by Crippen LogP contribution is 2.20. The molecule has 2 rings (SSSR count). The number of thiazole rings is 1. The van der Waals surface area contributed by atoms with Crippen molar-refractivity contribution in [2.75, 3.05) is 6.54 Å². The second-order valence-corrected chi connectivity index (χ2v) is 5.16. The van der Waals surface area contributed by atoms with Crippen LogP contribution in [0.25, 0.3) is 11.3 Å². The van der Waals surface area contributed by atoms with Gasteiger partial charge in [-0.3, -0.25) is 9.78 Å². The second-order valence-electron chi connectivity index (χ2n) is 4.22. The number of carbonyl (C=O) groups is 1. The van der Waals surface area contributed by atoms with Crippen molar-refractivity contribution in [3.63, 3.8) is 0 Å². The third-order valence-electron chi connectivity index (χ3n) is 2.65. The summed E-state index contributed by atoms with van der Waals surface area (Å²) in [7, 11) is 0. The summed E-state index contributed by atoms with van der Waals surface area (Å²) in [6, 6.07) is 3.90. The maximum absolute atomic E-state index is 11.3. The Kier molecular flexibility index (Phi) is 5.03. The first-order valence-corrected chi connectivity index (χ1v) is 7.29. The van der Waals surface area contributed by atoms with Crippen molar-refractivity contribution in [3.05, 3.63) is 34.9 Å². The molecule has 0 aliphatic heterocycles. The lowest BCUT2D eigenvalue weighted by atomic mass is 10.2. The molecule has 19 heavy (non-hydrogen) atoms. The van der Waals surface area contributed by atoms with Gasteiger partial charge in [0.25, 0.3) is 0 Å². The molecule has 2 heterocycles. The Balaban J connectivity index is 1.86. The van der Waals surface area contributed by atoms with Crippen LogP contribution in [0.2, 0.25) is 0 Å². The molecule has 0 bridgehead atoms. The van der Waals surface area contributed by atoms with Crippen LogP contribution in [0, 0.1) is 0 Å². The zero-order valence-corrected chi connectivity index (χ0v) is 11.7. The molecule has 0 fully saturated rings. The van der Waals surface area contributed by atoms with Gasteiger partial charge in [-0.05, 0) is 18.6 Å². The van der Waals surface area contributed by atoms with E-state index in [-0.39, 0.29) is 5.91 Å². The average molecular weight is 275 g/mol. The third-order valence-corrected chi connectivity index (χ3v) is 3.56. The summed E-state index contributed by atoms with van der Waals surface area (Å²) < 4.78 is 0. The lowest BCUT2D eigenvalue weighted by Crippen LogP contribution is -2.25. The van der Waals surface area contributed by atoms with Crippen molar-refractivity contribution in [2.45, 2.75) is 26.2 Å². The predicted molar refractivity (Wildman–Crippen MR) is 77.0 cm³/mol. The Bertz CT molecular complexity index is 524. The van der Waals surface area contributed by atoms with Gasteiger partial charge in [0.15, 0.2) is 0 Å². The van der Waals surface area contributed by atoms with E-state index in [0.717, 1.165) is 29.1 Å². The monoisotopic (exact) mass is 275 g/mol. The molecule has 0 aromatic carbocycles. The van der Waals surface area contributed by atoms with Gasteiger partial charge < -0.3 is 5.32 Å². The third kappa shape index (κ3) is 4.13. The molecule has 4 nitrogen and oxygen atoms in total. The lowest BCUT2D eigenvalue weighted by Gasteiger charge is -2.01. The van der Waals surface area contributed by atoms with Gasteiger partial charge in [-0.25, -0.2) is 4.98 Å². The molecular weight excluding hydrogens is 258 g/mol. The van der Waals surface area contributed by atoms with E-state index in [2.05, 4.69) is 15.3 Å². The van der Waals surface area contributed by atoms with Crippen LogP contribution in [-0.2, 0) is 11.2 Å². The molecule has 2 aromatic rings. The van der Waals surface area contributed by atoms with Gasteiger partial charge in [-0.15, -0.1) is 11.3 Å². The molecule has 2 aromatic heterocycles. The first-order valence-electron chi connectivity index (χ1n) is 6.41. The van der Waals surface area contributed by atoms with E-state index >= 15 is 0 Å². The summed E-state index contributed by atoms with van der Waals surface area (Å²) in [5, 5.41) is 5.96. The largest absolute Gasteiger partial charge is 0.356 e. The minimum absolute atomic E-state index is 0.117. The highest BCUT2D eigenvalue weighted by Gasteiger charge is 2.05. The van der Waals surface area contributed by atoms with Crippen LogP contribution in [0.15, 0.2) is 29.9 Å². The van der Waals surface area contributed by atoms with Crippen molar-refractivity contribution in [1.82, 2.24) is 15.3 Å². The highest BCUT2D eigenvalue weighted by molar-refractivity contribution is 7.09. The van der Waals surface area contributed by atoms with Crippen LogP contribution >= 0.6 is 11.3 Å². The molecule has 0 atom stereocenters. The van der Waals surface area contributed by atoms with Crippen LogP contribution in [0.1, 0.15) is 24.8 Å². The minimum Gasteiger partial charge on any atom is -0.356 e. The maximum Gasteiger partial charge on any atom is 0.219 e. The number of pyridine rings is 1. The van der Waals surface area contributed by atoms with Crippen molar-refractivity contribution >= 4 is 17.2 Å². The first-order chi connectivity index (χ1) is 9.29. The normalized spacial score (nSPS) is 10.4. The Hall–Kier alpha value is -1.75. The summed E-state index contributed by atoms with van der Waals surface area (Å²) in [4.78, 5) is 20.0. The number of hydrogen-bond acceptors (Lipinski definition) is 4. The quantitative estimate of drug-likeness (QED) is 0.881. The second kappa shape index (κ2) is 6.99. The number of aromatic nitrogens is 2.